The number of aliphatic hydroxyl groups excluding tert-OH is 1. The van der Waals surface area contributed by atoms with E-state index in [2.05, 4.69) is 5.32 Å². The smallest absolute Gasteiger partial charge is 0.288 e. The minimum atomic E-state index is -0.465. The number of nitro groups is 1. The second kappa shape index (κ2) is 8.84. The van der Waals surface area contributed by atoms with Gasteiger partial charge in [0.1, 0.15) is 0 Å². The third-order valence-electron chi connectivity index (χ3n) is 4.72. The van der Waals surface area contributed by atoms with Crippen molar-refractivity contribution in [3.8, 4) is 0 Å². The highest BCUT2D eigenvalue weighted by molar-refractivity contribution is 7.81. The highest BCUT2D eigenvalue weighted by atomic mass is 32.1. The van der Waals surface area contributed by atoms with Gasteiger partial charge in [0.2, 0.25) is 0 Å². The molecule has 0 amide bonds. The fraction of sp³-hybridized carbons (Fsp3) is 0.130. The molecule has 0 radical (unpaired) electrons. The Balaban J connectivity index is 2.12. The van der Waals surface area contributed by atoms with Crippen LogP contribution in [0.3, 0.4) is 0 Å². The Morgan fingerprint density at radius 2 is 1.73 bits per heavy atom. The van der Waals surface area contributed by atoms with E-state index in [1.54, 1.807) is 36.0 Å². The lowest BCUT2D eigenvalue weighted by molar-refractivity contribution is -0.575. The quantitative estimate of drug-likeness (QED) is 0.149. The predicted molar refractivity (Wildman–Crippen MR) is 122 cm³/mol. The van der Waals surface area contributed by atoms with Crippen molar-refractivity contribution >= 4 is 40.0 Å². The fourth-order valence-electron chi connectivity index (χ4n) is 3.12. The summed E-state index contributed by atoms with van der Waals surface area (Å²) in [6.07, 6.45) is 3.51. The van der Waals surface area contributed by atoms with Gasteiger partial charge in [-0.15, -0.1) is 0 Å². The van der Waals surface area contributed by atoms with Crippen molar-refractivity contribution in [1.29, 1.82) is 0 Å². The number of anilines is 1. The van der Waals surface area contributed by atoms with Crippen LogP contribution in [0.15, 0.2) is 67.0 Å². The zero-order chi connectivity index (χ0) is 21.8. The number of pyridine rings is 1. The Kier molecular flexibility index (Phi) is 6.23. The average Bonchev–Trinajstić information content (AvgIpc) is 2.71. The van der Waals surface area contributed by atoms with Crippen LogP contribution < -0.4 is 9.88 Å². The topological polar surface area (TPSA) is 79.3 Å². The number of rotatable bonds is 5. The molecular weight excluding hydrogens is 398 g/mol. The van der Waals surface area contributed by atoms with Crippen molar-refractivity contribution < 1.29 is 14.6 Å². The van der Waals surface area contributed by atoms with E-state index in [1.165, 1.54) is 6.07 Å². The number of nitrogens with zero attached hydrogens (tertiary/aromatic N) is 2. The molecule has 1 aromatic heterocycles. The molecule has 30 heavy (non-hydrogen) atoms. The molecule has 3 rings (SSSR count). The fourth-order valence-corrected chi connectivity index (χ4v) is 3.43. The largest absolute Gasteiger partial charge is 0.502 e. The Morgan fingerprint density at radius 3 is 2.37 bits per heavy atom. The number of aryl methyl sites for hydroxylation is 3. The number of thiocarbonyl (C=S) groups is 1. The van der Waals surface area contributed by atoms with E-state index in [1.807, 2.05) is 50.2 Å². The first kappa shape index (κ1) is 21.1. The van der Waals surface area contributed by atoms with Crippen LogP contribution in [0.25, 0.3) is 11.5 Å². The van der Waals surface area contributed by atoms with Gasteiger partial charge in [-0.05, 0) is 32.4 Å². The second-order valence-corrected chi connectivity index (χ2v) is 7.42. The molecule has 0 fully saturated rings. The van der Waals surface area contributed by atoms with E-state index >= 15 is 0 Å². The second-order valence-electron chi connectivity index (χ2n) is 7.01. The van der Waals surface area contributed by atoms with Crippen molar-refractivity contribution in [2.45, 2.75) is 20.8 Å². The van der Waals surface area contributed by atoms with Crippen LogP contribution in [-0.2, 0) is 0 Å². The van der Waals surface area contributed by atoms with Gasteiger partial charge in [0, 0.05) is 35.0 Å². The highest BCUT2D eigenvalue weighted by Crippen LogP contribution is 2.26. The van der Waals surface area contributed by atoms with Crippen LogP contribution in [0.1, 0.15) is 22.3 Å². The van der Waals surface area contributed by atoms with Gasteiger partial charge < -0.3 is 10.4 Å². The minimum absolute atomic E-state index is 0.0651. The van der Waals surface area contributed by atoms with Gasteiger partial charge in [-0.25, -0.2) is 0 Å². The molecule has 7 heteroatoms. The lowest BCUT2D eigenvalue weighted by Gasteiger charge is -2.12. The Morgan fingerprint density at radius 1 is 1.03 bits per heavy atom. The minimum Gasteiger partial charge on any atom is -0.502 e. The van der Waals surface area contributed by atoms with E-state index in [9.17, 15) is 15.2 Å². The molecule has 0 saturated heterocycles. The first-order valence-electron chi connectivity index (χ1n) is 9.32. The zero-order valence-electron chi connectivity index (χ0n) is 16.9. The maximum Gasteiger partial charge on any atom is 0.288 e. The zero-order valence-corrected chi connectivity index (χ0v) is 17.7. The molecule has 0 atom stereocenters. The summed E-state index contributed by atoms with van der Waals surface area (Å²) in [5.74, 6) is -0.156. The van der Waals surface area contributed by atoms with E-state index < -0.39 is 4.92 Å². The predicted octanol–water partition coefficient (Wildman–Crippen LogP) is 5.13. The number of nitro benzene ring substituents is 1. The molecule has 0 bridgehead atoms. The lowest BCUT2D eigenvalue weighted by atomic mass is 10.1. The maximum absolute atomic E-state index is 11.3. The van der Waals surface area contributed by atoms with Gasteiger partial charge in [-0.1, -0.05) is 48.1 Å². The van der Waals surface area contributed by atoms with Crippen LogP contribution in [0.5, 0.6) is 0 Å². The van der Waals surface area contributed by atoms with Crippen molar-refractivity contribution in [1.82, 2.24) is 0 Å². The molecule has 0 aliphatic carbocycles. The van der Waals surface area contributed by atoms with E-state index in [0.29, 0.717) is 21.8 Å². The van der Waals surface area contributed by atoms with Crippen LogP contribution in [-0.4, -0.2) is 15.0 Å². The van der Waals surface area contributed by atoms with Gasteiger partial charge in [0.15, 0.2) is 23.1 Å². The summed E-state index contributed by atoms with van der Waals surface area (Å²) in [7, 11) is 0. The van der Waals surface area contributed by atoms with Gasteiger partial charge in [-0.3, -0.25) is 10.1 Å². The van der Waals surface area contributed by atoms with Gasteiger partial charge in [-0.2, -0.15) is 4.57 Å². The summed E-state index contributed by atoms with van der Waals surface area (Å²) in [5, 5.41) is 25.6. The SMILES string of the molecule is Cc1ccc(NC(=S)C(=C(O)c2ccc(C)c([N+](=O)[O-])c2)[n+]2ccccc2)c(C)c1. The summed E-state index contributed by atoms with van der Waals surface area (Å²) in [6.45, 7) is 5.64. The van der Waals surface area contributed by atoms with Gasteiger partial charge in [0.25, 0.3) is 11.4 Å². The Hall–Kier alpha value is -3.58. The first-order chi connectivity index (χ1) is 14.3. The summed E-state index contributed by atoms with van der Waals surface area (Å²) in [4.78, 5) is 11.2. The number of nitrogens with one attached hydrogen (secondary N) is 1. The van der Waals surface area contributed by atoms with Crippen LogP contribution in [0, 0.1) is 30.9 Å². The highest BCUT2D eigenvalue weighted by Gasteiger charge is 2.25. The summed E-state index contributed by atoms with van der Waals surface area (Å²) < 4.78 is 1.68. The molecule has 0 spiro atoms. The van der Waals surface area contributed by atoms with E-state index in [4.69, 9.17) is 12.2 Å². The Labute approximate surface area is 180 Å². The number of aromatic nitrogens is 1. The molecule has 3 aromatic rings. The molecule has 152 valence electrons. The molecule has 0 aliphatic rings. The number of benzene rings is 2. The van der Waals surface area contributed by atoms with Crippen molar-refractivity contribution in [3.63, 3.8) is 0 Å². The van der Waals surface area contributed by atoms with Crippen molar-refractivity contribution in [3.05, 3.63) is 99.4 Å². The molecular formula is C23H22N3O3S+. The van der Waals surface area contributed by atoms with Crippen LogP contribution in [0.2, 0.25) is 0 Å². The van der Waals surface area contributed by atoms with Gasteiger partial charge >= 0.3 is 0 Å². The lowest BCUT2D eigenvalue weighted by Crippen LogP contribution is -2.38. The average molecular weight is 421 g/mol. The molecule has 2 aromatic carbocycles. The molecule has 6 nitrogen and oxygen atoms in total. The summed E-state index contributed by atoms with van der Waals surface area (Å²) >= 11 is 5.63. The van der Waals surface area contributed by atoms with Crippen molar-refractivity contribution in [2.24, 2.45) is 0 Å². The normalized spacial score (nSPS) is 11.6. The van der Waals surface area contributed by atoms with E-state index in [-0.39, 0.29) is 11.4 Å². The third-order valence-corrected chi connectivity index (χ3v) is 5.02. The summed E-state index contributed by atoms with van der Waals surface area (Å²) in [6, 6.07) is 16.0. The van der Waals surface area contributed by atoms with Crippen LogP contribution >= 0.6 is 12.2 Å². The molecule has 1 heterocycles. The summed E-state index contributed by atoms with van der Waals surface area (Å²) in [5.41, 5.74) is 4.05. The van der Waals surface area contributed by atoms with E-state index in [0.717, 1.165) is 16.8 Å². The van der Waals surface area contributed by atoms with Crippen LogP contribution in [0.4, 0.5) is 11.4 Å². The molecule has 2 N–H and O–H groups in total. The number of aliphatic hydroxyl groups is 1. The number of hydrogen-bond donors (Lipinski definition) is 2. The standard InChI is InChI=1S/C23H21N3O3S/c1-15-7-10-19(17(3)13-15)24-23(30)21(25-11-5-4-6-12-25)22(27)18-9-8-16(2)20(14-18)26(28)29/h4-14H,1-3H3,(H-,24,27,30)/p+1. The Bertz CT molecular complexity index is 1160. The third kappa shape index (κ3) is 4.52. The number of hydrogen-bond acceptors (Lipinski definition) is 4. The van der Waals surface area contributed by atoms with Gasteiger partial charge in [0.05, 0.1) is 4.92 Å². The molecule has 0 unspecified atom stereocenters. The molecule has 0 saturated carbocycles. The first-order valence-corrected chi connectivity index (χ1v) is 9.72. The molecule has 0 aliphatic heterocycles. The maximum atomic E-state index is 11.3. The van der Waals surface area contributed by atoms with Crippen molar-refractivity contribution in [2.75, 3.05) is 5.32 Å². The monoisotopic (exact) mass is 420 g/mol.